The Morgan fingerprint density at radius 3 is 2.40 bits per heavy atom. The highest BCUT2D eigenvalue weighted by Crippen LogP contribution is 2.23. The van der Waals surface area contributed by atoms with Gasteiger partial charge in [0.2, 0.25) is 10.0 Å². The van der Waals surface area contributed by atoms with Crippen molar-refractivity contribution in [2.24, 2.45) is 5.14 Å². The second-order valence-corrected chi connectivity index (χ2v) is 5.24. The smallest absolute Gasteiger partial charge is 0.269 e. The van der Waals surface area contributed by atoms with Crippen molar-refractivity contribution < 1.29 is 17.2 Å². The first-order valence-electron chi connectivity index (χ1n) is 3.47. The van der Waals surface area contributed by atoms with E-state index in [0.717, 1.165) is 6.07 Å². The molecule has 9 heteroatoms. The minimum Gasteiger partial charge on any atom is -0.316 e. The van der Waals surface area contributed by atoms with E-state index in [2.05, 4.69) is 10.1 Å². The molecule has 0 amide bonds. The Balaban J connectivity index is 3.71. The fraction of sp³-hybridized carbons (Fsp3) is 0.167. The standard InChI is InChI=1S/C6H5F2IN2O3S/c7-5(8)2-1-3(9)11-6(12)4(2)15(10,13)14/h1,5H,(H,11,12)(H2,10,13,14). The normalized spacial score (nSPS) is 12.1. The van der Waals surface area contributed by atoms with Gasteiger partial charge in [-0.05, 0) is 28.7 Å². The molecule has 84 valence electrons. The summed E-state index contributed by atoms with van der Waals surface area (Å²) in [6.07, 6.45) is -3.07. The molecular weight excluding hydrogens is 345 g/mol. The van der Waals surface area contributed by atoms with Gasteiger partial charge < -0.3 is 4.98 Å². The van der Waals surface area contributed by atoms with E-state index in [9.17, 15) is 22.0 Å². The number of rotatable bonds is 2. The van der Waals surface area contributed by atoms with Crippen LogP contribution in [0.4, 0.5) is 8.78 Å². The molecule has 0 aromatic carbocycles. The van der Waals surface area contributed by atoms with Crippen molar-refractivity contribution in [1.82, 2.24) is 4.98 Å². The molecule has 0 saturated heterocycles. The van der Waals surface area contributed by atoms with Crippen LogP contribution in [0.15, 0.2) is 15.8 Å². The molecule has 0 spiro atoms. The molecular formula is C6H5F2IN2O3S. The van der Waals surface area contributed by atoms with Crippen LogP contribution < -0.4 is 10.7 Å². The van der Waals surface area contributed by atoms with Gasteiger partial charge in [0.15, 0.2) is 4.90 Å². The number of primary sulfonamides is 1. The topological polar surface area (TPSA) is 93.0 Å². The summed E-state index contributed by atoms with van der Waals surface area (Å²) >= 11 is 1.58. The van der Waals surface area contributed by atoms with Crippen molar-refractivity contribution in [3.8, 4) is 0 Å². The zero-order valence-electron chi connectivity index (χ0n) is 7.00. The highest BCUT2D eigenvalue weighted by atomic mass is 127. The van der Waals surface area contributed by atoms with Crippen LogP contribution >= 0.6 is 22.6 Å². The lowest BCUT2D eigenvalue weighted by molar-refractivity contribution is 0.147. The molecule has 1 aromatic rings. The molecule has 1 heterocycles. The summed E-state index contributed by atoms with van der Waals surface area (Å²) in [6.45, 7) is 0. The van der Waals surface area contributed by atoms with Crippen LogP contribution in [0.5, 0.6) is 0 Å². The maximum atomic E-state index is 12.4. The highest BCUT2D eigenvalue weighted by Gasteiger charge is 2.24. The summed E-state index contributed by atoms with van der Waals surface area (Å²) in [5, 5.41) is 4.66. The molecule has 0 radical (unpaired) electrons. The molecule has 15 heavy (non-hydrogen) atoms. The average Bonchev–Trinajstić information content (AvgIpc) is 1.99. The van der Waals surface area contributed by atoms with Crippen LogP contribution in [0.1, 0.15) is 12.0 Å². The summed E-state index contributed by atoms with van der Waals surface area (Å²) in [6, 6.07) is 0.867. The number of nitrogens with one attached hydrogen (secondary N) is 1. The second-order valence-electron chi connectivity index (χ2n) is 2.58. The predicted molar refractivity (Wildman–Crippen MR) is 56.1 cm³/mol. The van der Waals surface area contributed by atoms with E-state index >= 15 is 0 Å². The third kappa shape index (κ3) is 2.72. The Morgan fingerprint density at radius 1 is 1.47 bits per heavy atom. The Hall–Kier alpha value is -0.550. The zero-order valence-corrected chi connectivity index (χ0v) is 9.97. The first-order chi connectivity index (χ1) is 6.73. The van der Waals surface area contributed by atoms with E-state index in [0.29, 0.717) is 0 Å². The number of nitrogens with two attached hydrogens (primary N) is 1. The third-order valence-electron chi connectivity index (χ3n) is 1.50. The molecule has 0 bridgehead atoms. The van der Waals surface area contributed by atoms with Crippen LogP contribution in [0.2, 0.25) is 0 Å². The predicted octanol–water partition coefficient (Wildman–Crippen LogP) is 0.565. The largest absolute Gasteiger partial charge is 0.316 e. The number of aromatic amines is 1. The Bertz CT molecular complexity index is 540. The fourth-order valence-electron chi connectivity index (χ4n) is 0.990. The van der Waals surface area contributed by atoms with Crippen LogP contribution in [0.3, 0.4) is 0 Å². The molecule has 0 saturated carbocycles. The summed E-state index contributed by atoms with van der Waals surface area (Å²) in [5.74, 6) is 0. The number of H-pyrrole nitrogens is 1. The van der Waals surface area contributed by atoms with E-state index in [1.165, 1.54) is 0 Å². The van der Waals surface area contributed by atoms with Crippen molar-refractivity contribution >= 4 is 32.6 Å². The molecule has 0 unspecified atom stereocenters. The molecule has 0 aliphatic rings. The molecule has 5 nitrogen and oxygen atoms in total. The number of sulfonamides is 1. The van der Waals surface area contributed by atoms with Crippen molar-refractivity contribution in [1.29, 1.82) is 0 Å². The summed E-state index contributed by atoms with van der Waals surface area (Å²) in [7, 11) is -4.45. The molecule has 1 aromatic heterocycles. The molecule has 3 N–H and O–H groups in total. The molecule has 1 rings (SSSR count). The second kappa shape index (κ2) is 4.14. The van der Waals surface area contributed by atoms with Crippen LogP contribution in [-0.4, -0.2) is 13.4 Å². The number of hydrogen-bond acceptors (Lipinski definition) is 3. The van der Waals surface area contributed by atoms with Crippen LogP contribution in [0, 0.1) is 3.70 Å². The maximum Gasteiger partial charge on any atom is 0.269 e. The zero-order chi connectivity index (χ0) is 11.8. The quantitative estimate of drug-likeness (QED) is 0.603. The monoisotopic (exact) mass is 350 g/mol. The van der Waals surface area contributed by atoms with Gasteiger partial charge in [0, 0.05) is 5.56 Å². The van der Waals surface area contributed by atoms with Gasteiger partial charge in [0.1, 0.15) is 0 Å². The highest BCUT2D eigenvalue weighted by molar-refractivity contribution is 14.1. The molecule has 0 aliphatic carbocycles. The Kier molecular flexibility index (Phi) is 3.45. The van der Waals surface area contributed by atoms with Crippen LogP contribution in [0.25, 0.3) is 0 Å². The average molecular weight is 350 g/mol. The van der Waals surface area contributed by atoms with E-state index in [-0.39, 0.29) is 3.70 Å². The van der Waals surface area contributed by atoms with Crippen molar-refractivity contribution in [2.75, 3.05) is 0 Å². The number of hydrogen-bond donors (Lipinski definition) is 2. The molecule has 0 aliphatic heterocycles. The van der Waals surface area contributed by atoms with Gasteiger partial charge in [-0.15, -0.1) is 0 Å². The minimum atomic E-state index is -4.45. The lowest BCUT2D eigenvalue weighted by Gasteiger charge is -2.05. The Labute approximate surface area is 96.9 Å². The van der Waals surface area contributed by atoms with Crippen molar-refractivity contribution in [2.45, 2.75) is 11.3 Å². The van der Waals surface area contributed by atoms with E-state index < -0.39 is 32.5 Å². The number of aromatic nitrogens is 1. The SMILES string of the molecule is NS(=O)(=O)c1c(C(F)F)cc(I)[nH]c1=O. The van der Waals surface area contributed by atoms with Gasteiger partial charge in [0.25, 0.3) is 12.0 Å². The maximum absolute atomic E-state index is 12.4. The third-order valence-corrected chi connectivity index (χ3v) is 3.07. The van der Waals surface area contributed by atoms with E-state index in [4.69, 9.17) is 0 Å². The number of pyridine rings is 1. The van der Waals surface area contributed by atoms with Gasteiger partial charge in [-0.3, -0.25) is 4.79 Å². The Morgan fingerprint density at radius 2 is 2.00 bits per heavy atom. The summed E-state index contributed by atoms with van der Waals surface area (Å²) in [4.78, 5) is 12.2. The van der Waals surface area contributed by atoms with Gasteiger partial charge >= 0.3 is 0 Å². The first kappa shape index (κ1) is 12.5. The summed E-state index contributed by atoms with van der Waals surface area (Å²) in [5.41, 5.74) is -2.02. The van der Waals surface area contributed by atoms with Gasteiger partial charge in [0.05, 0.1) is 3.70 Å². The van der Waals surface area contributed by atoms with Gasteiger partial charge in [-0.1, -0.05) is 0 Å². The fourth-order valence-corrected chi connectivity index (χ4v) is 2.36. The number of alkyl halides is 2. The summed E-state index contributed by atoms with van der Waals surface area (Å²) < 4.78 is 46.8. The minimum absolute atomic E-state index is 0.111. The van der Waals surface area contributed by atoms with Gasteiger partial charge in [-0.2, -0.15) is 0 Å². The lowest BCUT2D eigenvalue weighted by Crippen LogP contribution is -2.26. The first-order valence-corrected chi connectivity index (χ1v) is 6.09. The van der Waals surface area contributed by atoms with Gasteiger partial charge in [-0.25, -0.2) is 22.3 Å². The number of halogens is 3. The van der Waals surface area contributed by atoms with Crippen molar-refractivity contribution in [3.05, 3.63) is 25.7 Å². The van der Waals surface area contributed by atoms with E-state index in [1.807, 2.05) is 0 Å². The van der Waals surface area contributed by atoms with Crippen LogP contribution in [-0.2, 0) is 10.0 Å². The lowest BCUT2D eigenvalue weighted by atomic mass is 10.3. The molecule has 0 fully saturated rings. The molecule has 0 atom stereocenters. The van der Waals surface area contributed by atoms with E-state index in [1.54, 1.807) is 22.6 Å². The van der Waals surface area contributed by atoms with Crippen molar-refractivity contribution in [3.63, 3.8) is 0 Å².